The summed E-state index contributed by atoms with van der Waals surface area (Å²) in [4.78, 5) is 0. The van der Waals surface area contributed by atoms with Crippen LogP contribution >= 0.6 is 8.58 Å². The summed E-state index contributed by atoms with van der Waals surface area (Å²) >= 11 is 0. The van der Waals surface area contributed by atoms with E-state index in [1.165, 1.54) is 141 Å². The molecule has 208 valence electrons. The molecule has 0 spiro atoms. The molecule has 0 fully saturated rings. The van der Waals surface area contributed by atoms with Crippen LogP contribution in [0.2, 0.25) is 0 Å². The van der Waals surface area contributed by atoms with Gasteiger partial charge in [0.2, 0.25) is 0 Å². The molecule has 0 N–H and O–H groups in total. The summed E-state index contributed by atoms with van der Waals surface area (Å²) in [5.74, 6) is 0. The molecule has 0 aliphatic carbocycles. The van der Waals surface area contributed by atoms with Gasteiger partial charge in [-0.2, -0.15) is 0 Å². The molecule has 0 saturated heterocycles. The number of benzene rings is 2. The minimum Gasteiger partial charge on any atom is -0.0654 e. The molecule has 0 aliphatic rings. The van der Waals surface area contributed by atoms with Crippen LogP contribution < -0.4 is 10.6 Å². The Morgan fingerprint density at radius 3 is 1.03 bits per heavy atom. The van der Waals surface area contributed by atoms with Gasteiger partial charge in [0.1, 0.15) is 0 Å². The molecule has 0 saturated carbocycles. The SMILES string of the molecule is CCCCCCCCCCCCc1ccccc1Pc1ccccc1CCCCCCCCCCCC. The normalized spacial score (nSPS) is 11.3. The zero-order valence-electron chi connectivity index (χ0n) is 24.7. The minimum atomic E-state index is 0.798. The van der Waals surface area contributed by atoms with E-state index in [1.54, 1.807) is 21.7 Å². The van der Waals surface area contributed by atoms with E-state index in [-0.39, 0.29) is 0 Å². The van der Waals surface area contributed by atoms with E-state index in [0.29, 0.717) is 0 Å². The second-order valence-corrected chi connectivity index (χ2v) is 12.6. The van der Waals surface area contributed by atoms with E-state index in [9.17, 15) is 0 Å². The van der Waals surface area contributed by atoms with Crippen LogP contribution in [0.4, 0.5) is 0 Å². The highest BCUT2D eigenvalue weighted by Crippen LogP contribution is 2.20. The molecule has 0 amide bonds. The van der Waals surface area contributed by atoms with Crippen LogP contribution in [-0.2, 0) is 12.8 Å². The van der Waals surface area contributed by atoms with E-state index in [1.807, 2.05) is 0 Å². The summed E-state index contributed by atoms with van der Waals surface area (Å²) in [7, 11) is 0.798. The van der Waals surface area contributed by atoms with Crippen molar-refractivity contribution in [3.8, 4) is 0 Å². The fourth-order valence-electron chi connectivity index (χ4n) is 5.47. The van der Waals surface area contributed by atoms with Crippen molar-refractivity contribution in [3.05, 3.63) is 59.7 Å². The van der Waals surface area contributed by atoms with Crippen molar-refractivity contribution in [1.82, 2.24) is 0 Å². The predicted octanol–water partition coefficient (Wildman–Crippen LogP) is 11.2. The summed E-state index contributed by atoms with van der Waals surface area (Å²) in [5, 5.41) is 3.16. The first-order valence-electron chi connectivity index (χ1n) is 16.3. The molecule has 0 aliphatic heterocycles. The molecular weight excluding hydrogens is 463 g/mol. The highest BCUT2D eigenvalue weighted by molar-refractivity contribution is 7.55. The van der Waals surface area contributed by atoms with Crippen LogP contribution in [0.15, 0.2) is 48.5 Å². The Labute approximate surface area is 233 Å². The second kappa shape index (κ2) is 22.8. The van der Waals surface area contributed by atoms with Crippen molar-refractivity contribution in [2.45, 2.75) is 155 Å². The Morgan fingerprint density at radius 1 is 0.378 bits per heavy atom. The van der Waals surface area contributed by atoms with E-state index in [2.05, 4.69) is 62.4 Å². The highest BCUT2D eigenvalue weighted by Gasteiger charge is 2.07. The topological polar surface area (TPSA) is 0 Å². The Morgan fingerprint density at radius 2 is 0.676 bits per heavy atom. The van der Waals surface area contributed by atoms with Gasteiger partial charge < -0.3 is 0 Å². The molecule has 37 heavy (non-hydrogen) atoms. The summed E-state index contributed by atoms with van der Waals surface area (Å²) in [6.45, 7) is 4.60. The number of hydrogen-bond donors (Lipinski definition) is 0. The van der Waals surface area contributed by atoms with Gasteiger partial charge >= 0.3 is 0 Å². The summed E-state index contributed by atoms with van der Waals surface area (Å²) in [6, 6.07) is 18.5. The van der Waals surface area contributed by atoms with Crippen LogP contribution in [0.1, 0.15) is 153 Å². The first-order valence-corrected chi connectivity index (χ1v) is 17.3. The molecule has 1 heteroatoms. The largest absolute Gasteiger partial charge is 0.0654 e. The first-order chi connectivity index (χ1) is 18.3. The van der Waals surface area contributed by atoms with Crippen molar-refractivity contribution < 1.29 is 0 Å². The maximum absolute atomic E-state index is 2.39. The Balaban J connectivity index is 1.67. The van der Waals surface area contributed by atoms with Crippen LogP contribution in [0.25, 0.3) is 0 Å². The van der Waals surface area contributed by atoms with Gasteiger partial charge in [-0.05, 0) is 47.4 Å². The molecule has 2 rings (SSSR count). The molecule has 0 nitrogen and oxygen atoms in total. The van der Waals surface area contributed by atoms with Crippen LogP contribution in [0, 0.1) is 0 Å². The van der Waals surface area contributed by atoms with Crippen molar-refractivity contribution in [2.24, 2.45) is 0 Å². The van der Waals surface area contributed by atoms with Gasteiger partial charge in [-0.25, -0.2) is 0 Å². The molecule has 0 radical (unpaired) electrons. The maximum Gasteiger partial charge on any atom is -0.0194 e. The second-order valence-electron chi connectivity index (χ2n) is 11.3. The Kier molecular flexibility index (Phi) is 19.8. The van der Waals surface area contributed by atoms with Crippen molar-refractivity contribution in [1.29, 1.82) is 0 Å². The number of rotatable bonds is 24. The van der Waals surface area contributed by atoms with E-state index in [0.717, 1.165) is 8.58 Å². The van der Waals surface area contributed by atoms with Gasteiger partial charge in [-0.3, -0.25) is 0 Å². The monoisotopic (exact) mass is 522 g/mol. The zero-order chi connectivity index (χ0) is 26.2. The van der Waals surface area contributed by atoms with Crippen LogP contribution in [-0.4, -0.2) is 0 Å². The third-order valence-electron chi connectivity index (χ3n) is 7.90. The van der Waals surface area contributed by atoms with E-state index in [4.69, 9.17) is 0 Å². The molecule has 2 aromatic carbocycles. The molecule has 0 heterocycles. The van der Waals surface area contributed by atoms with Crippen molar-refractivity contribution in [3.63, 3.8) is 0 Å². The first kappa shape index (κ1) is 32.1. The highest BCUT2D eigenvalue weighted by atomic mass is 31.1. The molecule has 0 atom stereocenters. The van der Waals surface area contributed by atoms with Gasteiger partial charge in [0, 0.05) is 0 Å². The average Bonchev–Trinajstić information content (AvgIpc) is 2.92. The van der Waals surface area contributed by atoms with E-state index >= 15 is 0 Å². The van der Waals surface area contributed by atoms with Gasteiger partial charge in [-0.15, -0.1) is 0 Å². The fourth-order valence-corrected chi connectivity index (χ4v) is 6.86. The lowest BCUT2D eigenvalue weighted by Crippen LogP contribution is -2.12. The van der Waals surface area contributed by atoms with Gasteiger partial charge in [0.05, 0.1) is 0 Å². The average molecular weight is 523 g/mol. The Bertz CT molecular complexity index is 714. The molecule has 0 unspecified atom stereocenters. The van der Waals surface area contributed by atoms with Crippen molar-refractivity contribution >= 4 is 19.2 Å². The summed E-state index contributed by atoms with van der Waals surface area (Å²) in [5.41, 5.74) is 3.18. The van der Waals surface area contributed by atoms with E-state index < -0.39 is 0 Å². The Hall–Kier alpha value is -1.13. The van der Waals surface area contributed by atoms with Crippen LogP contribution in [0.3, 0.4) is 0 Å². The third-order valence-corrected chi connectivity index (χ3v) is 9.42. The van der Waals surface area contributed by atoms with Crippen LogP contribution in [0.5, 0.6) is 0 Å². The fraction of sp³-hybridized carbons (Fsp3) is 0.667. The number of hydrogen-bond acceptors (Lipinski definition) is 0. The van der Waals surface area contributed by atoms with Gasteiger partial charge in [-0.1, -0.05) is 187 Å². The van der Waals surface area contributed by atoms with Gasteiger partial charge in [0.15, 0.2) is 0 Å². The summed E-state index contributed by atoms with van der Waals surface area (Å²) in [6.07, 6.45) is 30.8. The molecular formula is C36H59P. The lowest BCUT2D eigenvalue weighted by molar-refractivity contribution is 0.556. The van der Waals surface area contributed by atoms with Gasteiger partial charge in [0.25, 0.3) is 0 Å². The molecule has 0 bridgehead atoms. The minimum absolute atomic E-state index is 0.798. The summed E-state index contributed by atoms with van der Waals surface area (Å²) < 4.78 is 0. The quantitative estimate of drug-likeness (QED) is 0.0949. The third kappa shape index (κ3) is 15.8. The number of unbranched alkanes of at least 4 members (excludes halogenated alkanes) is 18. The maximum atomic E-state index is 2.39. The smallest absolute Gasteiger partial charge is 0.0194 e. The lowest BCUT2D eigenvalue weighted by atomic mass is 10.0. The molecule has 2 aromatic rings. The lowest BCUT2D eigenvalue weighted by Gasteiger charge is -2.13. The predicted molar refractivity (Wildman–Crippen MR) is 172 cm³/mol. The zero-order valence-corrected chi connectivity index (χ0v) is 25.7. The molecule has 0 aromatic heterocycles. The number of aryl methyl sites for hydroxylation is 2. The standard InChI is InChI=1S/C36H59P/c1-3-5-7-9-11-13-15-17-19-21-27-33-29-23-25-31-35(33)37-36-32-26-24-30-34(36)28-22-20-18-16-14-12-10-8-6-4-2/h23-26,29-32,37H,3-22,27-28H2,1-2H3. The van der Waals surface area contributed by atoms with Crippen molar-refractivity contribution in [2.75, 3.05) is 0 Å².